The molecule has 3 aliphatic carbocycles. The van der Waals surface area contributed by atoms with Crippen LogP contribution in [0.25, 0.3) is 0 Å². The van der Waals surface area contributed by atoms with Crippen LogP contribution < -0.4 is 26.8 Å². The van der Waals surface area contributed by atoms with Crippen LogP contribution in [-0.2, 0) is 18.9 Å². The van der Waals surface area contributed by atoms with Gasteiger partial charge in [-0.3, -0.25) is 34.8 Å². The van der Waals surface area contributed by atoms with E-state index in [4.69, 9.17) is 15.0 Å². The lowest BCUT2D eigenvalue weighted by Gasteiger charge is -2.64. The van der Waals surface area contributed by atoms with Crippen LogP contribution in [0.5, 0.6) is 0 Å². The lowest BCUT2D eigenvalue weighted by Crippen LogP contribution is -2.78. The number of nitrogens with two attached hydrogens (primary N) is 1. The number of benzene rings is 1. The van der Waals surface area contributed by atoms with E-state index < -0.39 is 48.3 Å². The largest absolute Gasteiger partial charge is 0.481 e. The van der Waals surface area contributed by atoms with Gasteiger partial charge in [0.2, 0.25) is 11.8 Å². The summed E-state index contributed by atoms with van der Waals surface area (Å²) in [5.74, 6) is -1.08. The molecular weight excluding hydrogens is 605 g/mol. The highest BCUT2D eigenvalue weighted by Gasteiger charge is 2.68. The third-order valence-corrected chi connectivity index (χ3v) is 10.6. The molecule has 1 aromatic rings. The van der Waals surface area contributed by atoms with Crippen molar-refractivity contribution in [1.29, 1.82) is 0 Å². The molecule has 14 nitrogen and oxygen atoms in total. The second-order valence-corrected chi connectivity index (χ2v) is 14.4. The topological polar surface area (TPSA) is 195 Å². The van der Waals surface area contributed by atoms with Crippen molar-refractivity contribution < 1.29 is 33.5 Å². The number of hydrogen-bond acceptors (Lipinski definition) is 8. The van der Waals surface area contributed by atoms with Crippen molar-refractivity contribution in [3.05, 3.63) is 40.3 Å². The highest BCUT2D eigenvalue weighted by molar-refractivity contribution is 6.48. The van der Waals surface area contributed by atoms with E-state index >= 15 is 0 Å². The molecule has 2 bridgehead atoms. The fraction of sp³-hybridized carbons (Fsp3) is 0.656. The number of nitrogens with zero attached hydrogens (tertiary/aromatic N) is 2. The molecule has 4 amide bonds. The van der Waals surface area contributed by atoms with E-state index in [1.807, 2.05) is 0 Å². The van der Waals surface area contributed by atoms with Gasteiger partial charge in [-0.25, -0.2) is 0 Å². The van der Waals surface area contributed by atoms with E-state index in [0.717, 1.165) is 17.7 Å². The molecule has 3 saturated carbocycles. The summed E-state index contributed by atoms with van der Waals surface area (Å²) in [6.07, 6.45) is 3.06. The van der Waals surface area contributed by atoms with Gasteiger partial charge in [-0.05, 0) is 74.3 Å². The molecule has 6 rings (SSSR count). The quantitative estimate of drug-likeness (QED) is 0.0360. The molecule has 0 aromatic heterocycles. The Bertz CT molecular complexity index is 1400. The van der Waals surface area contributed by atoms with E-state index in [9.17, 15) is 24.1 Å². The Labute approximate surface area is 275 Å². The number of nitroso groups, excluding NO2 is 1. The number of amides is 4. The number of rotatable bonds is 14. The van der Waals surface area contributed by atoms with Gasteiger partial charge in [-0.15, -0.1) is 10.3 Å². The van der Waals surface area contributed by atoms with Gasteiger partial charge in [-0.2, -0.15) is 0 Å². The number of fused-ring (bicyclic) bond motifs is 1. The molecule has 1 aromatic carbocycles. The van der Waals surface area contributed by atoms with Crippen molar-refractivity contribution in [2.24, 2.45) is 34.2 Å². The van der Waals surface area contributed by atoms with Crippen molar-refractivity contribution >= 4 is 36.7 Å². The molecule has 0 spiro atoms. The van der Waals surface area contributed by atoms with E-state index in [2.05, 4.69) is 61.0 Å². The van der Waals surface area contributed by atoms with E-state index in [-0.39, 0.29) is 42.8 Å². The van der Waals surface area contributed by atoms with Crippen molar-refractivity contribution in [1.82, 2.24) is 21.0 Å². The summed E-state index contributed by atoms with van der Waals surface area (Å²) >= 11 is 0. The third kappa shape index (κ3) is 6.91. The molecule has 5 aliphatic rings. The van der Waals surface area contributed by atoms with Crippen LogP contribution >= 0.6 is 0 Å². The lowest BCUT2D eigenvalue weighted by atomic mass is 9.43. The average molecular weight is 653 g/mol. The van der Waals surface area contributed by atoms with Gasteiger partial charge in [-0.1, -0.05) is 39.8 Å². The SMILES string of the molecule is CC(C)C[C@H](NC(=O)[C@H](CCC[NH+]=C(N)NN=O)NC(=O)CCN1C(=O)c2ccccc2C1=O)B1O[C@@H]2C[C@@H]3C[C@@H](C3(C)C)[C@]2(C)O1. The minimum Gasteiger partial charge on any atom is -0.404 e. The Kier molecular flexibility index (Phi) is 10.1. The van der Waals surface area contributed by atoms with Gasteiger partial charge < -0.3 is 19.9 Å². The maximum atomic E-state index is 13.9. The van der Waals surface area contributed by atoms with Crippen LogP contribution in [0.3, 0.4) is 0 Å². The predicted octanol–water partition coefficient (Wildman–Crippen LogP) is 0.402. The molecule has 47 heavy (non-hydrogen) atoms. The fourth-order valence-electron chi connectivity index (χ4n) is 7.91. The maximum Gasteiger partial charge on any atom is 0.481 e. The van der Waals surface area contributed by atoms with E-state index in [1.165, 1.54) is 0 Å². The first-order valence-electron chi connectivity index (χ1n) is 16.6. The van der Waals surface area contributed by atoms with Gasteiger partial charge >= 0.3 is 13.1 Å². The second-order valence-electron chi connectivity index (χ2n) is 14.4. The zero-order chi connectivity index (χ0) is 34.1. The second kappa shape index (κ2) is 13.7. The highest BCUT2D eigenvalue weighted by Crippen LogP contribution is 2.65. The van der Waals surface area contributed by atoms with Crippen LogP contribution in [0.2, 0.25) is 0 Å². The molecule has 2 aliphatic heterocycles. The number of nitrogens with one attached hydrogen (secondary N) is 4. The zero-order valence-corrected chi connectivity index (χ0v) is 27.8. The Hall–Kier alpha value is -3.85. The van der Waals surface area contributed by atoms with Crippen LogP contribution in [-0.4, -0.2) is 78.4 Å². The zero-order valence-electron chi connectivity index (χ0n) is 27.8. The summed E-state index contributed by atoms with van der Waals surface area (Å²) in [5.41, 5.74) is 8.05. The summed E-state index contributed by atoms with van der Waals surface area (Å²) in [6, 6.07) is 5.59. The van der Waals surface area contributed by atoms with Crippen molar-refractivity contribution in [2.75, 3.05) is 13.1 Å². The van der Waals surface area contributed by atoms with Crippen molar-refractivity contribution in [3.8, 4) is 0 Å². The highest BCUT2D eigenvalue weighted by atomic mass is 16.7. The minimum absolute atomic E-state index is 0.0328. The van der Waals surface area contributed by atoms with Crippen LogP contribution in [0, 0.1) is 28.1 Å². The molecule has 4 fully saturated rings. The standard InChI is InChI=1S/C32H46BN7O7/c1-18(2)15-25(33-46-24-17-19-16-23(31(19,3)4)32(24,5)47-33)37-27(42)22(11-8-13-35-30(34)38-39-45)36-26(41)12-14-40-28(43)20-9-6-7-10-21(20)29(40)44/h6-7,9-10,18-19,22-25H,8,11-17H2,1-5H3,(H,36,41)(H,37,42)(H3,34,35,38,45)/p+1/t19-,22-,23-,24+,25-,32-/m0/s1. The molecule has 0 unspecified atom stereocenters. The smallest absolute Gasteiger partial charge is 0.404 e. The van der Waals surface area contributed by atoms with Crippen LogP contribution in [0.15, 0.2) is 29.6 Å². The lowest BCUT2D eigenvalue weighted by molar-refractivity contribution is -0.461. The summed E-state index contributed by atoms with van der Waals surface area (Å²) < 4.78 is 13.2. The number of guanidine groups is 1. The van der Waals surface area contributed by atoms with Gasteiger partial charge in [0.25, 0.3) is 11.8 Å². The molecule has 0 radical (unpaired) electrons. The van der Waals surface area contributed by atoms with Crippen LogP contribution in [0.1, 0.15) is 93.9 Å². The van der Waals surface area contributed by atoms with E-state index in [1.54, 1.807) is 24.3 Å². The molecule has 254 valence electrons. The molecular formula is C32H47BN7O7+. The summed E-state index contributed by atoms with van der Waals surface area (Å²) in [4.78, 5) is 66.8. The van der Waals surface area contributed by atoms with Gasteiger partial charge in [0.1, 0.15) is 11.3 Å². The average Bonchev–Trinajstić information content (AvgIpc) is 3.50. The molecule has 2 heterocycles. The van der Waals surface area contributed by atoms with Gasteiger partial charge in [0.05, 0.1) is 35.3 Å². The summed E-state index contributed by atoms with van der Waals surface area (Å²) in [7, 11) is -0.630. The number of carbonyl (C=O) groups is 4. The van der Waals surface area contributed by atoms with Crippen LogP contribution in [0.4, 0.5) is 0 Å². The number of hydrogen-bond donors (Lipinski definition) is 5. The minimum atomic E-state index is -0.939. The summed E-state index contributed by atoms with van der Waals surface area (Å²) in [5, 5.41) is 8.44. The monoisotopic (exact) mass is 652 g/mol. The van der Waals surface area contributed by atoms with Gasteiger partial charge in [0.15, 0.2) is 0 Å². The molecule has 1 saturated heterocycles. The predicted molar refractivity (Wildman–Crippen MR) is 173 cm³/mol. The Morgan fingerprint density at radius 1 is 1.13 bits per heavy atom. The third-order valence-electron chi connectivity index (χ3n) is 10.6. The Balaban J connectivity index is 1.25. The van der Waals surface area contributed by atoms with Gasteiger partial charge in [0, 0.05) is 13.0 Å². The maximum absolute atomic E-state index is 13.9. The first-order chi connectivity index (χ1) is 22.3. The van der Waals surface area contributed by atoms with E-state index in [0.29, 0.717) is 42.3 Å². The van der Waals surface area contributed by atoms with Crippen molar-refractivity contribution in [3.63, 3.8) is 0 Å². The Morgan fingerprint density at radius 2 is 1.81 bits per heavy atom. The van der Waals surface area contributed by atoms with Crippen molar-refractivity contribution in [2.45, 2.75) is 96.8 Å². The normalized spacial score (nSPS) is 27.1. The number of carbonyl (C=O) groups excluding carboxylic acids is 4. The molecule has 6 N–H and O–H groups in total. The fourth-order valence-corrected chi connectivity index (χ4v) is 7.91. The Morgan fingerprint density at radius 3 is 2.43 bits per heavy atom. The first-order valence-corrected chi connectivity index (χ1v) is 16.6. The number of imide groups is 1. The molecule has 15 heteroatoms. The molecule has 6 atom stereocenters. The summed E-state index contributed by atoms with van der Waals surface area (Å²) in [6.45, 7) is 11.0. The first kappa shape index (κ1) is 34.5.